The molecule has 7 heteroatoms. The zero-order valence-electron chi connectivity index (χ0n) is 7.43. The Morgan fingerprint density at radius 3 is 2.73 bits per heavy atom. The molecule has 0 bridgehead atoms. The van der Waals surface area contributed by atoms with Gasteiger partial charge in [0.15, 0.2) is 5.69 Å². The van der Waals surface area contributed by atoms with Crippen LogP contribution >= 0.6 is 27.5 Å². The van der Waals surface area contributed by atoms with Crippen LogP contribution in [0.25, 0.3) is 0 Å². The van der Waals surface area contributed by atoms with Gasteiger partial charge in [-0.2, -0.15) is 0 Å². The average molecular weight is 300 g/mol. The maximum absolute atomic E-state index is 12.5. The summed E-state index contributed by atoms with van der Waals surface area (Å²) in [6.45, 7) is 0. The molecule has 0 saturated carbocycles. The molecule has 1 heterocycles. The molecule has 1 aromatic heterocycles. The van der Waals surface area contributed by atoms with Crippen molar-refractivity contribution in [3.63, 3.8) is 0 Å². The summed E-state index contributed by atoms with van der Waals surface area (Å²) < 4.78 is 29.5. The van der Waals surface area contributed by atoms with Gasteiger partial charge in [0.05, 0.1) is 17.7 Å². The van der Waals surface area contributed by atoms with Crippen LogP contribution in [0.5, 0.6) is 0 Å². The number of carbonyl (C=O) groups is 1. The third-order valence-electron chi connectivity index (χ3n) is 1.58. The number of rotatable bonds is 2. The Kier molecular flexibility index (Phi) is 3.98. The van der Waals surface area contributed by atoms with E-state index in [2.05, 4.69) is 25.7 Å². The highest BCUT2D eigenvalue weighted by molar-refractivity contribution is 9.10. The predicted octanol–water partition coefficient (Wildman–Crippen LogP) is 3.22. The molecule has 0 radical (unpaired) electrons. The normalized spacial score (nSPS) is 10.5. The first-order valence-electron chi connectivity index (χ1n) is 3.69. The highest BCUT2D eigenvalue weighted by Crippen LogP contribution is 2.29. The molecule has 0 fully saturated rings. The van der Waals surface area contributed by atoms with Crippen LogP contribution in [0.1, 0.15) is 22.5 Å². The van der Waals surface area contributed by atoms with Crippen molar-refractivity contribution in [2.45, 2.75) is 6.43 Å². The van der Waals surface area contributed by atoms with Crippen LogP contribution in [-0.2, 0) is 4.74 Å². The van der Waals surface area contributed by atoms with Crippen molar-refractivity contribution in [1.29, 1.82) is 0 Å². The minimum absolute atomic E-state index is 0.0120. The van der Waals surface area contributed by atoms with E-state index < -0.39 is 23.7 Å². The Hall–Kier alpha value is -0.750. The van der Waals surface area contributed by atoms with Gasteiger partial charge in [-0.25, -0.2) is 18.6 Å². The van der Waals surface area contributed by atoms with Gasteiger partial charge in [-0.3, -0.25) is 0 Å². The van der Waals surface area contributed by atoms with Crippen molar-refractivity contribution in [2.75, 3.05) is 7.11 Å². The quantitative estimate of drug-likeness (QED) is 0.622. The first-order valence-corrected chi connectivity index (χ1v) is 4.87. The lowest BCUT2D eigenvalue weighted by atomic mass is 10.2. The average Bonchev–Trinajstić information content (AvgIpc) is 2.20. The molecular formula is C8H5BrClF2NO2. The molecule has 0 saturated heterocycles. The second kappa shape index (κ2) is 4.85. The zero-order chi connectivity index (χ0) is 11.6. The van der Waals surface area contributed by atoms with Gasteiger partial charge in [-0.15, -0.1) is 0 Å². The van der Waals surface area contributed by atoms with E-state index in [1.807, 2.05) is 0 Å². The standard InChI is InChI=1S/C8H5BrClF2NO2/c1-15-8(14)5-3(7(11)12)2-4(10)6(9)13-5/h2,7H,1H3. The molecule has 0 N–H and O–H groups in total. The molecule has 3 nitrogen and oxygen atoms in total. The van der Waals surface area contributed by atoms with Crippen molar-refractivity contribution >= 4 is 33.5 Å². The summed E-state index contributed by atoms with van der Waals surface area (Å²) in [4.78, 5) is 14.7. The summed E-state index contributed by atoms with van der Waals surface area (Å²) in [5.41, 5.74) is -0.987. The van der Waals surface area contributed by atoms with Crippen LogP contribution in [0.3, 0.4) is 0 Å². The minimum atomic E-state index is -2.84. The van der Waals surface area contributed by atoms with E-state index in [0.29, 0.717) is 0 Å². The predicted molar refractivity (Wildman–Crippen MR) is 53.2 cm³/mol. The lowest BCUT2D eigenvalue weighted by molar-refractivity contribution is 0.0581. The summed E-state index contributed by atoms with van der Waals surface area (Å²) in [7, 11) is 1.09. The number of alkyl halides is 2. The highest BCUT2D eigenvalue weighted by Gasteiger charge is 2.22. The van der Waals surface area contributed by atoms with Crippen LogP contribution in [-0.4, -0.2) is 18.1 Å². The van der Waals surface area contributed by atoms with Crippen molar-refractivity contribution in [2.24, 2.45) is 0 Å². The number of aromatic nitrogens is 1. The monoisotopic (exact) mass is 299 g/mol. The summed E-state index contributed by atoms with van der Waals surface area (Å²) in [5.74, 6) is -0.928. The van der Waals surface area contributed by atoms with Crippen LogP contribution in [0.4, 0.5) is 8.78 Å². The second-order valence-electron chi connectivity index (χ2n) is 2.49. The number of esters is 1. The van der Waals surface area contributed by atoms with E-state index in [0.717, 1.165) is 13.2 Å². The van der Waals surface area contributed by atoms with Gasteiger partial charge in [-0.05, 0) is 22.0 Å². The maximum atomic E-state index is 12.5. The summed E-state index contributed by atoms with van der Waals surface area (Å²) in [6, 6.07) is 0.982. The van der Waals surface area contributed by atoms with E-state index >= 15 is 0 Å². The molecular weight excluding hydrogens is 295 g/mol. The summed E-state index contributed by atoms with van der Waals surface area (Å²) >= 11 is 8.51. The van der Waals surface area contributed by atoms with Gasteiger partial charge < -0.3 is 4.74 Å². The molecule has 0 aliphatic rings. The maximum Gasteiger partial charge on any atom is 0.357 e. The molecule has 0 aromatic carbocycles. The van der Waals surface area contributed by atoms with E-state index in [9.17, 15) is 13.6 Å². The highest BCUT2D eigenvalue weighted by atomic mass is 79.9. The molecule has 0 unspecified atom stereocenters. The number of halogens is 4. The van der Waals surface area contributed by atoms with Crippen LogP contribution in [0, 0.1) is 0 Å². The number of pyridine rings is 1. The van der Waals surface area contributed by atoms with Gasteiger partial charge in [0.2, 0.25) is 0 Å². The Bertz CT molecular complexity index is 400. The van der Waals surface area contributed by atoms with Crippen molar-refractivity contribution in [3.8, 4) is 0 Å². The molecule has 0 atom stereocenters. The van der Waals surface area contributed by atoms with Gasteiger partial charge in [-0.1, -0.05) is 11.6 Å². The smallest absolute Gasteiger partial charge is 0.357 e. The zero-order valence-corrected chi connectivity index (χ0v) is 9.77. The molecule has 15 heavy (non-hydrogen) atoms. The second-order valence-corrected chi connectivity index (χ2v) is 3.65. The lowest BCUT2D eigenvalue weighted by Crippen LogP contribution is -2.09. The van der Waals surface area contributed by atoms with Gasteiger partial charge >= 0.3 is 5.97 Å². The van der Waals surface area contributed by atoms with Gasteiger partial charge in [0.25, 0.3) is 6.43 Å². The fourth-order valence-electron chi connectivity index (χ4n) is 0.907. The fourth-order valence-corrected chi connectivity index (χ4v) is 1.36. The number of ether oxygens (including phenoxy) is 1. The molecule has 82 valence electrons. The molecule has 0 aliphatic heterocycles. The van der Waals surface area contributed by atoms with E-state index in [1.165, 1.54) is 0 Å². The van der Waals surface area contributed by atoms with Gasteiger partial charge in [0.1, 0.15) is 4.60 Å². The van der Waals surface area contributed by atoms with Crippen molar-refractivity contribution < 1.29 is 18.3 Å². The van der Waals surface area contributed by atoms with Crippen LogP contribution in [0.15, 0.2) is 10.7 Å². The Morgan fingerprint density at radius 2 is 2.27 bits per heavy atom. The van der Waals surface area contributed by atoms with Crippen molar-refractivity contribution in [1.82, 2.24) is 4.98 Å². The third-order valence-corrected chi connectivity index (χ3v) is 2.70. The Labute approximate surface area is 97.5 Å². The van der Waals surface area contributed by atoms with E-state index in [1.54, 1.807) is 0 Å². The molecule has 0 amide bonds. The first-order chi connectivity index (χ1) is 6.97. The Balaban J connectivity index is 3.34. The molecule has 0 spiro atoms. The minimum Gasteiger partial charge on any atom is -0.464 e. The van der Waals surface area contributed by atoms with Crippen molar-refractivity contribution in [3.05, 3.63) is 26.9 Å². The number of hydrogen-bond donors (Lipinski definition) is 0. The largest absolute Gasteiger partial charge is 0.464 e. The molecule has 1 aromatic rings. The third kappa shape index (κ3) is 2.63. The summed E-state index contributed by atoms with van der Waals surface area (Å²) in [6.07, 6.45) is -2.84. The number of hydrogen-bond acceptors (Lipinski definition) is 3. The van der Waals surface area contributed by atoms with E-state index in [4.69, 9.17) is 11.6 Å². The van der Waals surface area contributed by atoms with Gasteiger partial charge in [0, 0.05) is 0 Å². The van der Waals surface area contributed by atoms with Crippen LogP contribution in [0.2, 0.25) is 5.02 Å². The number of methoxy groups -OCH3 is 1. The lowest BCUT2D eigenvalue weighted by Gasteiger charge is -2.07. The topological polar surface area (TPSA) is 39.2 Å². The SMILES string of the molecule is COC(=O)c1nc(Br)c(Cl)cc1C(F)F. The first kappa shape index (κ1) is 12.3. The number of carbonyl (C=O) groups excluding carboxylic acids is 1. The molecule has 0 aliphatic carbocycles. The van der Waals surface area contributed by atoms with Crippen LogP contribution < -0.4 is 0 Å². The number of nitrogens with zero attached hydrogens (tertiary/aromatic N) is 1. The summed E-state index contributed by atoms with van der Waals surface area (Å²) in [5, 5.41) is 0.0120. The molecule has 1 rings (SSSR count). The Morgan fingerprint density at radius 1 is 1.67 bits per heavy atom. The van der Waals surface area contributed by atoms with E-state index in [-0.39, 0.29) is 9.63 Å². The fraction of sp³-hybridized carbons (Fsp3) is 0.250.